The summed E-state index contributed by atoms with van der Waals surface area (Å²) in [4.78, 5) is 11.9. The maximum Gasteiger partial charge on any atom is 0.223 e. The molecule has 0 aromatic rings. The van der Waals surface area contributed by atoms with Crippen molar-refractivity contribution >= 4 is 18.3 Å². The van der Waals surface area contributed by atoms with Crippen molar-refractivity contribution in [2.75, 3.05) is 19.6 Å². The fourth-order valence-corrected chi connectivity index (χ4v) is 3.67. The van der Waals surface area contributed by atoms with Crippen LogP contribution < -0.4 is 10.6 Å². The summed E-state index contributed by atoms with van der Waals surface area (Å²) >= 11 is 0. The number of rotatable bonds is 3. The van der Waals surface area contributed by atoms with E-state index in [0.717, 1.165) is 31.5 Å². The third kappa shape index (κ3) is 2.76. The van der Waals surface area contributed by atoms with Gasteiger partial charge in [-0.1, -0.05) is 6.42 Å². The summed E-state index contributed by atoms with van der Waals surface area (Å²) in [6, 6.07) is 0. The van der Waals surface area contributed by atoms with Crippen LogP contribution in [0.2, 0.25) is 0 Å². The van der Waals surface area contributed by atoms with Crippen molar-refractivity contribution in [3.63, 3.8) is 0 Å². The molecule has 2 N–H and O–H groups in total. The number of hydrogen-bond donors (Lipinski definition) is 2. The van der Waals surface area contributed by atoms with Gasteiger partial charge in [0.15, 0.2) is 0 Å². The van der Waals surface area contributed by atoms with Gasteiger partial charge in [0.05, 0.1) is 0 Å². The van der Waals surface area contributed by atoms with E-state index >= 15 is 0 Å². The molecule has 2 aliphatic carbocycles. The molecular weight excluding hydrogens is 236 g/mol. The molecule has 0 radical (unpaired) electrons. The molecule has 17 heavy (non-hydrogen) atoms. The van der Waals surface area contributed by atoms with Crippen molar-refractivity contribution in [2.24, 2.45) is 23.7 Å². The average molecular weight is 259 g/mol. The second-order valence-electron chi connectivity index (χ2n) is 5.74. The van der Waals surface area contributed by atoms with Crippen molar-refractivity contribution in [3.8, 4) is 0 Å². The van der Waals surface area contributed by atoms with Crippen LogP contribution in [-0.4, -0.2) is 25.5 Å². The lowest BCUT2D eigenvalue weighted by atomic mass is 9.99. The molecule has 3 nitrogen and oxygen atoms in total. The van der Waals surface area contributed by atoms with Crippen LogP contribution in [0.15, 0.2) is 0 Å². The van der Waals surface area contributed by atoms with Crippen LogP contribution in [0.5, 0.6) is 0 Å². The smallest absolute Gasteiger partial charge is 0.223 e. The molecule has 3 atom stereocenters. The fourth-order valence-electron chi connectivity index (χ4n) is 3.67. The fraction of sp³-hybridized carbons (Fsp3) is 0.923. The van der Waals surface area contributed by atoms with E-state index in [9.17, 15) is 4.79 Å². The van der Waals surface area contributed by atoms with E-state index in [4.69, 9.17) is 0 Å². The Morgan fingerprint density at radius 2 is 1.94 bits per heavy atom. The van der Waals surface area contributed by atoms with E-state index in [2.05, 4.69) is 10.6 Å². The summed E-state index contributed by atoms with van der Waals surface area (Å²) in [6.45, 7) is 3.12. The van der Waals surface area contributed by atoms with E-state index in [1.54, 1.807) is 0 Å². The third-order valence-corrected chi connectivity index (χ3v) is 4.67. The molecule has 1 amide bonds. The Labute approximate surface area is 110 Å². The molecule has 3 fully saturated rings. The van der Waals surface area contributed by atoms with Gasteiger partial charge in [0.25, 0.3) is 0 Å². The van der Waals surface area contributed by atoms with E-state index in [1.165, 1.54) is 32.1 Å². The van der Waals surface area contributed by atoms with Crippen molar-refractivity contribution in [1.29, 1.82) is 0 Å². The number of nitrogens with one attached hydrogen (secondary N) is 2. The zero-order valence-corrected chi connectivity index (χ0v) is 11.1. The van der Waals surface area contributed by atoms with Crippen LogP contribution in [0, 0.1) is 23.7 Å². The van der Waals surface area contributed by atoms with Crippen LogP contribution in [0.4, 0.5) is 0 Å². The molecule has 0 aromatic heterocycles. The van der Waals surface area contributed by atoms with Crippen LogP contribution in [0.1, 0.15) is 32.1 Å². The Kier molecular flexibility index (Phi) is 4.31. The molecule has 0 spiro atoms. The molecule has 3 unspecified atom stereocenters. The maximum absolute atomic E-state index is 11.9. The lowest BCUT2D eigenvalue weighted by Crippen LogP contribution is -2.38. The monoisotopic (exact) mass is 258 g/mol. The first kappa shape index (κ1) is 13.2. The van der Waals surface area contributed by atoms with Crippen molar-refractivity contribution in [1.82, 2.24) is 10.6 Å². The minimum atomic E-state index is 0. The highest BCUT2D eigenvalue weighted by Crippen LogP contribution is 2.57. The first-order valence-corrected chi connectivity index (χ1v) is 6.84. The Morgan fingerprint density at radius 1 is 1.18 bits per heavy atom. The van der Waals surface area contributed by atoms with Gasteiger partial charge < -0.3 is 10.6 Å². The van der Waals surface area contributed by atoms with E-state index in [-0.39, 0.29) is 12.4 Å². The van der Waals surface area contributed by atoms with E-state index in [0.29, 0.717) is 17.7 Å². The molecule has 2 saturated carbocycles. The molecule has 1 aliphatic heterocycles. The summed E-state index contributed by atoms with van der Waals surface area (Å²) in [6.07, 6.45) is 6.48. The Bertz CT molecular complexity index is 269. The van der Waals surface area contributed by atoms with Gasteiger partial charge in [0.1, 0.15) is 0 Å². The molecular formula is C13H23ClN2O. The standard InChI is InChI=1S/C13H22N2O.ClH/c16-13(12-10-4-1-5-11(10)12)15-8-9-3-2-6-14-7-9;/h9-12,14H,1-8H2,(H,15,16);1H. The SMILES string of the molecule is Cl.O=C(NCC1CCCNC1)C1C2CCCC21. The predicted octanol–water partition coefficient (Wildman–Crippen LogP) is 1.57. The summed E-state index contributed by atoms with van der Waals surface area (Å²) in [5.41, 5.74) is 0. The molecule has 3 rings (SSSR count). The number of fused-ring (bicyclic) bond motifs is 1. The molecule has 0 aromatic carbocycles. The number of halogens is 1. The predicted molar refractivity (Wildman–Crippen MR) is 70.2 cm³/mol. The number of amides is 1. The lowest BCUT2D eigenvalue weighted by Gasteiger charge is -2.23. The van der Waals surface area contributed by atoms with E-state index in [1.807, 2.05) is 0 Å². The lowest BCUT2D eigenvalue weighted by molar-refractivity contribution is -0.123. The normalized spacial score (nSPS) is 39.1. The number of carbonyl (C=O) groups excluding carboxylic acids is 1. The minimum Gasteiger partial charge on any atom is -0.356 e. The van der Waals surface area contributed by atoms with Crippen molar-refractivity contribution in [3.05, 3.63) is 0 Å². The summed E-state index contributed by atoms with van der Waals surface area (Å²) in [5, 5.41) is 6.56. The van der Waals surface area contributed by atoms with Gasteiger partial charge in [-0.2, -0.15) is 0 Å². The van der Waals surface area contributed by atoms with Crippen LogP contribution in [0.25, 0.3) is 0 Å². The summed E-state index contributed by atoms with van der Waals surface area (Å²) in [5.74, 6) is 2.91. The molecule has 1 heterocycles. The van der Waals surface area contributed by atoms with E-state index < -0.39 is 0 Å². The van der Waals surface area contributed by atoms with Crippen LogP contribution in [-0.2, 0) is 4.79 Å². The molecule has 1 saturated heterocycles. The number of carbonyl (C=O) groups is 1. The highest BCUT2D eigenvalue weighted by Gasteiger charge is 2.56. The quantitative estimate of drug-likeness (QED) is 0.807. The van der Waals surface area contributed by atoms with Gasteiger partial charge in [0, 0.05) is 12.5 Å². The third-order valence-electron chi connectivity index (χ3n) is 4.67. The Balaban J connectivity index is 0.00000108. The molecule has 4 heteroatoms. The summed E-state index contributed by atoms with van der Waals surface area (Å²) in [7, 11) is 0. The highest BCUT2D eigenvalue weighted by atomic mass is 35.5. The molecule has 98 valence electrons. The molecule has 0 bridgehead atoms. The van der Waals surface area contributed by atoms with Gasteiger partial charge >= 0.3 is 0 Å². The molecule has 3 aliphatic rings. The summed E-state index contributed by atoms with van der Waals surface area (Å²) < 4.78 is 0. The van der Waals surface area contributed by atoms with Gasteiger partial charge in [-0.05, 0) is 56.5 Å². The van der Waals surface area contributed by atoms with Crippen molar-refractivity contribution < 1.29 is 4.79 Å². The van der Waals surface area contributed by atoms with Crippen molar-refractivity contribution in [2.45, 2.75) is 32.1 Å². The average Bonchev–Trinajstić information content (AvgIpc) is 2.81. The number of hydrogen-bond acceptors (Lipinski definition) is 2. The zero-order chi connectivity index (χ0) is 11.0. The first-order valence-electron chi connectivity index (χ1n) is 6.84. The highest BCUT2D eigenvalue weighted by molar-refractivity contribution is 5.85. The second-order valence-corrected chi connectivity index (χ2v) is 5.74. The van der Waals surface area contributed by atoms with Crippen LogP contribution >= 0.6 is 12.4 Å². The van der Waals surface area contributed by atoms with Gasteiger partial charge in [0.2, 0.25) is 5.91 Å². The number of piperidine rings is 1. The van der Waals surface area contributed by atoms with Crippen LogP contribution in [0.3, 0.4) is 0 Å². The second kappa shape index (κ2) is 5.57. The largest absolute Gasteiger partial charge is 0.356 e. The first-order chi connectivity index (χ1) is 7.86. The van der Waals surface area contributed by atoms with Gasteiger partial charge in [-0.15, -0.1) is 12.4 Å². The zero-order valence-electron chi connectivity index (χ0n) is 10.3. The minimum absolute atomic E-state index is 0. The Morgan fingerprint density at radius 3 is 2.59 bits per heavy atom. The van der Waals surface area contributed by atoms with Gasteiger partial charge in [-0.3, -0.25) is 4.79 Å². The van der Waals surface area contributed by atoms with Gasteiger partial charge in [-0.25, -0.2) is 0 Å². The topological polar surface area (TPSA) is 41.1 Å². The Hall–Kier alpha value is -0.280. The maximum atomic E-state index is 11.9.